The van der Waals surface area contributed by atoms with Gasteiger partial charge in [0.05, 0.1) is 18.8 Å². The molecule has 3 heterocycles. The second-order valence-electron chi connectivity index (χ2n) is 4.89. The number of furan rings is 1. The summed E-state index contributed by atoms with van der Waals surface area (Å²) in [4.78, 5) is 4.29. The molecule has 0 spiro atoms. The molecule has 3 aromatic rings. The van der Waals surface area contributed by atoms with Gasteiger partial charge in [0.25, 0.3) is 0 Å². The van der Waals surface area contributed by atoms with Crippen molar-refractivity contribution in [1.29, 1.82) is 0 Å². The van der Waals surface area contributed by atoms with Gasteiger partial charge in [-0.15, -0.1) is 0 Å². The highest BCUT2D eigenvalue weighted by atomic mass is 16.5. The van der Waals surface area contributed by atoms with Gasteiger partial charge in [-0.2, -0.15) is 10.1 Å². The van der Waals surface area contributed by atoms with E-state index in [9.17, 15) is 0 Å². The molecule has 0 bridgehead atoms. The van der Waals surface area contributed by atoms with Crippen molar-refractivity contribution in [3.8, 4) is 11.6 Å². The summed E-state index contributed by atoms with van der Waals surface area (Å²) in [5, 5.41) is 11.5. The monoisotopic (exact) mass is 287 g/mol. The van der Waals surface area contributed by atoms with E-state index in [1.807, 2.05) is 16.9 Å². The van der Waals surface area contributed by atoms with Crippen LogP contribution in [0.4, 0.5) is 0 Å². The largest absolute Gasteiger partial charge is 0.461 e. The molecule has 0 aliphatic carbocycles. The third kappa shape index (κ3) is 3.03. The number of hydrogen-bond acceptors (Lipinski definition) is 6. The lowest BCUT2D eigenvalue weighted by Crippen LogP contribution is -2.33. The molecular weight excluding hydrogens is 270 g/mol. The van der Waals surface area contributed by atoms with Crippen LogP contribution in [0.1, 0.15) is 25.8 Å². The van der Waals surface area contributed by atoms with Gasteiger partial charge in [-0.25, -0.2) is 0 Å². The Morgan fingerprint density at radius 2 is 2.24 bits per heavy atom. The van der Waals surface area contributed by atoms with E-state index in [4.69, 9.17) is 8.94 Å². The maximum absolute atomic E-state index is 5.23. The minimum absolute atomic E-state index is 0.212. The molecule has 0 aliphatic rings. The molecule has 7 nitrogen and oxygen atoms in total. The average molecular weight is 287 g/mol. The summed E-state index contributed by atoms with van der Waals surface area (Å²) in [5.74, 6) is 1.59. The van der Waals surface area contributed by atoms with E-state index >= 15 is 0 Å². The van der Waals surface area contributed by atoms with Crippen LogP contribution in [-0.4, -0.2) is 26.0 Å². The molecule has 0 aliphatic heterocycles. The maximum atomic E-state index is 5.23. The molecule has 110 valence electrons. The van der Waals surface area contributed by atoms with Crippen molar-refractivity contribution in [2.24, 2.45) is 0 Å². The van der Waals surface area contributed by atoms with Crippen LogP contribution in [0.5, 0.6) is 0 Å². The predicted molar refractivity (Wildman–Crippen MR) is 75.2 cm³/mol. The fourth-order valence-electron chi connectivity index (χ4n) is 2.00. The Bertz CT molecular complexity index is 659. The van der Waals surface area contributed by atoms with E-state index in [1.54, 1.807) is 24.6 Å². The molecule has 1 N–H and O–H groups in total. The summed E-state index contributed by atoms with van der Waals surface area (Å²) in [5.41, 5.74) is 0. The zero-order chi connectivity index (χ0) is 14.7. The summed E-state index contributed by atoms with van der Waals surface area (Å²) in [7, 11) is 0. The van der Waals surface area contributed by atoms with Crippen LogP contribution < -0.4 is 5.32 Å². The van der Waals surface area contributed by atoms with Gasteiger partial charge in [-0.3, -0.25) is 4.68 Å². The highest BCUT2D eigenvalue weighted by Crippen LogP contribution is 2.16. The van der Waals surface area contributed by atoms with E-state index in [2.05, 4.69) is 34.4 Å². The van der Waals surface area contributed by atoms with E-state index in [0.717, 1.165) is 0 Å². The molecule has 0 aromatic carbocycles. The quantitative estimate of drug-likeness (QED) is 0.749. The van der Waals surface area contributed by atoms with Gasteiger partial charge >= 0.3 is 0 Å². The Morgan fingerprint density at radius 1 is 1.33 bits per heavy atom. The van der Waals surface area contributed by atoms with E-state index in [1.165, 1.54) is 0 Å². The van der Waals surface area contributed by atoms with Crippen molar-refractivity contribution in [2.75, 3.05) is 0 Å². The van der Waals surface area contributed by atoms with Crippen LogP contribution in [0.15, 0.2) is 45.8 Å². The summed E-state index contributed by atoms with van der Waals surface area (Å²) >= 11 is 0. The molecule has 3 aromatic heterocycles. The molecule has 2 unspecified atom stereocenters. The Labute approximate surface area is 122 Å². The SMILES string of the molecule is CC(NCc1nc(-c2ccco2)no1)C(C)n1cccn1. The van der Waals surface area contributed by atoms with Crippen molar-refractivity contribution in [1.82, 2.24) is 25.2 Å². The van der Waals surface area contributed by atoms with Crippen molar-refractivity contribution >= 4 is 0 Å². The van der Waals surface area contributed by atoms with Gasteiger partial charge in [0.1, 0.15) is 0 Å². The first kappa shape index (κ1) is 13.6. The third-order valence-electron chi connectivity index (χ3n) is 3.45. The van der Waals surface area contributed by atoms with Gasteiger partial charge in [0.15, 0.2) is 5.76 Å². The van der Waals surface area contributed by atoms with Gasteiger partial charge in [0.2, 0.25) is 11.7 Å². The Morgan fingerprint density at radius 3 is 2.95 bits per heavy atom. The Hall–Kier alpha value is -2.41. The number of nitrogens with zero attached hydrogens (tertiary/aromatic N) is 4. The second kappa shape index (κ2) is 5.92. The highest BCUT2D eigenvalue weighted by molar-refractivity contribution is 5.44. The zero-order valence-corrected chi connectivity index (χ0v) is 11.9. The van der Waals surface area contributed by atoms with E-state index in [-0.39, 0.29) is 12.1 Å². The topological polar surface area (TPSA) is 81.9 Å². The molecule has 2 atom stereocenters. The number of hydrogen-bond donors (Lipinski definition) is 1. The first-order valence-electron chi connectivity index (χ1n) is 6.83. The third-order valence-corrected chi connectivity index (χ3v) is 3.45. The maximum Gasteiger partial charge on any atom is 0.241 e. The molecule has 0 amide bonds. The molecular formula is C14H17N5O2. The molecule has 0 saturated carbocycles. The van der Waals surface area contributed by atoms with E-state index in [0.29, 0.717) is 24.0 Å². The standard InChI is InChI=1S/C14H17N5O2/c1-10(11(2)19-7-4-6-16-19)15-9-13-17-14(18-21-13)12-5-3-8-20-12/h3-8,10-11,15H,9H2,1-2H3. The summed E-state index contributed by atoms with van der Waals surface area (Å²) < 4.78 is 12.3. The molecule has 7 heteroatoms. The summed E-state index contributed by atoms with van der Waals surface area (Å²) in [6, 6.07) is 5.94. The normalized spacial score (nSPS) is 14.2. The first-order chi connectivity index (χ1) is 10.2. The number of rotatable bonds is 6. The first-order valence-corrected chi connectivity index (χ1v) is 6.83. The molecule has 3 rings (SSSR count). The lowest BCUT2D eigenvalue weighted by molar-refractivity contribution is 0.325. The number of nitrogens with one attached hydrogen (secondary N) is 1. The lowest BCUT2D eigenvalue weighted by Gasteiger charge is -2.20. The number of aromatic nitrogens is 4. The minimum Gasteiger partial charge on any atom is -0.461 e. The van der Waals surface area contributed by atoms with Crippen molar-refractivity contribution in [3.63, 3.8) is 0 Å². The van der Waals surface area contributed by atoms with Crippen molar-refractivity contribution in [2.45, 2.75) is 32.5 Å². The van der Waals surface area contributed by atoms with Crippen molar-refractivity contribution < 1.29 is 8.94 Å². The molecule has 21 heavy (non-hydrogen) atoms. The van der Waals surface area contributed by atoms with Gasteiger partial charge in [-0.05, 0) is 32.0 Å². The fraction of sp³-hybridized carbons (Fsp3) is 0.357. The van der Waals surface area contributed by atoms with Crippen LogP contribution in [0.3, 0.4) is 0 Å². The van der Waals surface area contributed by atoms with E-state index < -0.39 is 0 Å². The fourth-order valence-corrected chi connectivity index (χ4v) is 2.00. The van der Waals surface area contributed by atoms with Crippen LogP contribution in [0, 0.1) is 0 Å². The molecule has 0 radical (unpaired) electrons. The predicted octanol–water partition coefficient (Wildman–Crippen LogP) is 2.27. The van der Waals surface area contributed by atoms with Crippen LogP contribution in [0.25, 0.3) is 11.6 Å². The zero-order valence-electron chi connectivity index (χ0n) is 11.9. The molecule has 0 fully saturated rings. The minimum atomic E-state index is 0.212. The second-order valence-corrected chi connectivity index (χ2v) is 4.89. The Balaban J connectivity index is 1.58. The van der Waals surface area contributed by atoms with Gasteiger partial charge in [0, 0.05) is 18.4 Å². The van der Waals surface area contributed by atoms with Crippen LogP contribution >= 0.6 is 0 Å². The summed E-state index contributed by atoms with van der Waals surface area (Å²) in [6.45, 7) is 4.70. The van der Waals surface area contributed by atoms with Crippen LogP contribution in [0.2, 0.25) is 0 Å². The Kier molecular flexibility index (Phi) is 3.83. The van der Waals surface area contributed by atoms with Gasteiger partial charge in [-0.1, -0.05) is 5.16 Å². The molecule has 0 saturated heterocycles. The van der Waals surface area contributed by atoms with Crippen LogP contribution in [-0.2, 0) is 6.54 Å². The lowest BCUT2D eigenvalue weighted by atomic mass is 10.2. The average Bonchev–Trinajstić information content (AvgIpc) is 3.25. The van der Waals surface area contributed by atoms with Crippen molar-refractivity contribution in [3.05, 3.63) is 42.7 Å². The highest BCUT2D eigenvalue weighted by Gasteiger charge is 2.16. The van der Waals surface area contributed by atoms with Gasteiger partial charge < -0.3 is 14.3 Å². The summed E-state index contributed by atoms with van der Waals surface area (Å²) in [6.07, 6.45) is 5.30. The smallest absolute Gasteiger partial charge is 0.241 e.